The Morgan fingerprint density at radius 1 is 1.37 bits per heavy atom. The van der Waals surface area contributed by atoms with E-state index in [2.05, 4.69) is 13.0 Å². The zero-order chi connectivity index (χ0) is 19.6. The summed E-state index contributed by atoms with van der Waals surface area (Å²) in [7, 11) is 1.37. The molecule has 1 amide bonds. The number of methoxy groups -OCH3 is 1. The molecule has 1 saturated heterocycles. The summed E-state index contributed by atoms with van der Waals surface area (Å²) in [6.07, 6.45) is 9.56. The van der Waals surface area contributed by atoms with E-state index in [1.165, 1.54) is 7.11 Å². The SMILES string of the molecule is CCCCC(O)C/C=C/[C@H]1CCC(=O)N1CCc1ccc(C(=O)OC)cc1. The topological polar surface area (TPSA) is 66.8 Å². The van der Waals surface area contributed by atoms with Gasteiger partial charge in [-0.2, -0.15) is 0 Å². The highest BCUT2D eigenvalue weighted by Crippen LogP contribution is 2.21. The Balaban J connectivity index is 1.86. The summed E-state index contributed by atoms with van der Waals surface area (Å²) in [5.41, 5.74) is 1.61. The van der Waals surface area contributed by atoms with Crippen molar-refractivity contribution in [2.24, 2.45) is 0 Å². The quantitative estimate of drug-likeness (QED) is 0.503. The largest absolute Gasteiger partial charge is 0.465 e. The van der Waals surface area contributed by atoms with E-state index in [0.717, 1.165) is 37.7 Å². The van der Waals surface area contributed by atoms with Crippen LogP contribution in [0.5, 0.6) is 0 Å². The van der Waals surface area contributed by atoms with Crippen LogP contribution in [0.3, 0.4) is 0 Å². The van der Waals surface area contributed by atoms with Crippen LogP contribution in [0.25, 0.3) is 0 Å². The molecule has 148 valence electrons. The fraction of sp³-hybridized carbons (Fsp3) is 0.545. The summed E-state index contributed by atoms with van der Waals surface area (Å²) >= 11 is 0. The van der Waals surface area contributed by atoms with Gasteiger partial charge < -0.3 is 14.7 Å². The van der Waals surface area contributed by atoms with Gasteiger partial charge >= 0.3 is 5.97 Å². The van der Waals surface area contributed by atoms with Crippen molar-refractivity contribution in [1.82, 2.24) is 4.90 Å². The molecule has 0 radical (unpaired) electrons. The number of esters is 1. The molecular formula is C22H31NO4. The minimum atomic E-state index is -0.345. The van der Waals surface area contributed by atoms with E-state index < -0.39 is 0 Å². The molecule has 0 saturated carbocycles. The lowest BCUT2D eigenvalue weighted by Gasteiger charge is -2.22. The number of carbonyl (C=O) groups is 2. The van der Waals surface area contributed by atoms with Crippen molar-refractivity contribution in [1.29, 1.82) is 0 Å². The van der Waals surface area contributed by atoms with E-state index in [0.29, 0.717) is 24.9 Å². The molecule has 1 aliphatic rings. The average molecular weight is 373 g/mol. The monoisotopic (exact) mass is 373 g/mol. The third-order valence-electron chi connectivity index (χ3n) is 5.05. The van der Waals surface area contributed by atoms with Gasteiger partial charge in [0.15, 0.2) is 0 Å². The maximum absolute atomic E-state index is 12.2. The number of ether oxygens (including phenoxy) is 1. The Morgan fingerprint density at radius 3 is 2.78 bits per heavy atom. The number of amides is 1. The molecule has 1 aromatic carbocycles. The first-order valence-electron chi connectivity index (χ1n) is 9.86. The molecule has 2 rings (SSSR count). The maximum Gasteiger partial charge on any atom is 0.337 e. The van der Waals surface area contributed by atoms with Crippen molar-refractivity contribution in [3.63, 3.8) is 0 Å². The molecule has 1 aromatic rings. The molecule has 1 aliphatic heterocycles. The van der Waals surface area contributed by atoms with Crippen molar-refractivity contribution in [3.8, 4) is 0 Å². The first-order chi connectivity index (χ1) is 13.0. The van der Waals surface area contributed by atoms with E-state index in [9.17, 15) is 14.7 Å². The Morgan fingerprint density at radius 2 is 2.11 bits per heavy atom. The standard InChI is InChI=1S/C22H31NO4/c1-3-4-7-20(24)8-5-6-19-13-14-21(25)23(19)16-15-17-9-11-18(12-10-17)22(26)27-2/h5-6,9-12,19-20,24H,3-4,7-8,13-16H2,1-2H3/b6-5+/t19-,20?/m0/s1. The number of aliphatic hydroxyl groups is 1. The summed E-state index contributed by atoms with van der Waals surface area (Å²) in [4.78, 5) is 25.6. The second-order valence-corrected chi connectivity index (χ2v) is 7.09. The third-order valence-corrected chi connectivity index (χ3v) is 5.05. The fourth-order valence-corrected chi connectivity index (χ4v) is 3.37. The van der Waals surface area contributed by atoms with Crippen LogP contribution in [0.1, 0.15) is 61.4 Å². The predicted octanol–water partition coefficient (Wildman–Crippen LogP) is 3.50. The van der Waals surface area contributed by atoms with E-state index in [4.69, 9.17) is 4.74 Å². The number of carbonyl (C=O) groups excluding carboxylic acids is 2. The van der Waals surface area contributed by atoms with E-state index in [-0.39, 0.29) is 24.0 Å². The second-order valence-electron chi connectivity index (χ2n) is 7.09. The number of rotatable bonds is 10. The number of unbranched alkanes of at least 4 members (excludes halogenated alkanes) is 1. The Bertz CT molecular complexity index is 638. The molecule has 2 atom stereocenters. The molecule has 5 nitrogen and oxygen atoms in total. The predicted molar refractivity (Wildman–Crippen MR) is 106 cm³/mol. The summed E-state index contributed by atoms with van der Waals surface area (Å²) in [5.74, 6) is -0.162. The van der Waals surface area contributed by atoms with Crippen molar-refractivity contribution < 1.29 is 19.4 Å². The van der Waals surface area contributed by atoms with Crippen LogP contribution in [0, 0.1) is 0 Å². The highest BCUT2D eigenvalue weighted by molar-refractivity contribution is 5.89. The summed E-state index contributed by atoms with van der Waals surface area (Å²) in [6, 6.07) is 7.43. The smallest absolute Gasteiger partial charge is 0.337 e. The molecule has 0 spiro atoms. The lowest BCUT2D eigenvalue weighted by molar-refractivity contribution is -0.128. The van der Waals surface area contributed by atoms with Gasteiger partial charge in [-0.05, 0) is 43.4 Å². The Hall–Kier alpha value is -2.14. The summed E-state index contributed by atoms with van der Waals surface area (Å²) in [6.45, 7) is 2.78. The van der Waals surface area contributed by atoms with Crippen molar-refractivity contribution in [2.45, 2.75) is 64.0 Å². The van der Waals surface area contributed by atoms with E-state index >= 15 is 0 Å². The minimum absolute atomic E-state index is 0.116. The first kappa shape index (κ1) is 21.2. The van der Waals surface area contributed by atoms with Crippen molar-refractivity contribution in [3.05, 3.63) is 47.5 Å². The molecule has 1 unspecified atom stereocenters. The molecule has 27 heavy (non-hydrogen) atoms. The number of hydrogen-bond acceptors (Lipinski definition) is 4. The van der Waals surface area contributed by atoms with Crippen LogP contribution >= 0.6 is 0 Å². The molecule has 0 aliphatic carbocycles. The highest BCUT2D eigenvalue weighted by atomic mass is 16.5. The molecule has 1 heterocycles. The Kier molecular flexibility index (Phi) is 8.52. The number of nitrogens with zero attached hydrogens (tertiary/aromatic N) is 1. The van der Waals surface area contributed by atoms with Crippen LogP contribution in [0.15, 0.2) is 36.4 Å². The average Bonchev–Trinajstić information content (AvgIpc) is 3.04. The second kappa shape index (κ2) is 10.9. The van der Waals surface area contributed by atoms with Gasteiger partial charge in [-0.1, -0.05) is 44.1 Å². The van der Waals surface area contributed by atoms with Gasteiger partial charge in [0, 0.05) is 13.0 Å². The van der Waals surface area contributed by atoms with E-state index in [1.54, 1.807) is 12.1 Å². The third kappa shape index (κ3) is 6.51. The van der Waals surface area contributed by atoms with Crippen LogP contribution in [-0.4, -0.2) is 47.7 Å². The first-order valence-corrected chi connectivity index (χ1v) is 9.86. The van der Waals surface area contributed by atoms with Gasteiger partial charge in [0.2, 0.25) is 5.91 Å². The van der Waals surface area contributed by atoms with Gasteiger partial charge in [-0.25, -0.2) is 4.79 Å². The number of likely N-dealkylation sites (tertiary alicyclic amines) is 1. The lowest BCUT2D eigenvalue weighted by atomic mass is 10.1. The minimum Gasteiger partial charge on any atom is -0.465 e. The molecule has 0 bridgehead atoms. The van der Waals surface area contributed by atoms with Crippen molar-refractivity contribution >= 4 is 11.9 Å². The van der Waals surface area contributed by atoms with Crippen LogP contribution in [0.4, 0.5) is 0 Å². The number of aliphatic hydroxyl groups excluding tert-OH is 1. The van der Waals surface area contributed by atoms with Crippen molar-refractivity contribution in [2.75, 3.05) is 13.7 Å². The normalized spacial score (nSPS) is 18.3. The lowest BCUT2D eigenvalue weighted by Crippen LogP contribution is -2.33. The van der Waals surface area contributed by atoms with E-state index in [1.807, 2.05) is 23.1 Å². The van der Waals surface area contributed by atoms with Crippen LogP contribution in [0.2, 0.25) is 0 Å². The molecule has 0 aromatic heterocycles. The molecule has 1 N–H and O–H groups in total. The van der Waals surface area contributed by atoms with Crippen LogP contribution in [-0.2, 0) is 16.0 Å². The highest BCUT2D eigenvalue weighted by Gasteiger charge is 2.28. The zero-order valence-electron chi connectivity index (χ0n) is 16.4. The summed E-state index contributed by atoms with van der Waals surface area (Å²) < 4.78 is 4.70. The maximum atomic E-state index is 12.2. The molecular weight excluding hydrogens is 342 g/mol. The van der Waals surface area contributed by atoms with Crippen LogP contribution < -0.4 is 0 Å². The van der Waals surface area contributed by atoms with Gasteiger partial charge in [0.05, 0.1) is 24.8 Å². The van der Waals surface area contributed by atoms with Gasteiger partial charge in [0.1, 0.15) is 0 Å². The number of benzene rings is 1. The molecule has 5 heteroatoms. The van der Waals surface area contributed by atoms with Gasteiger partial charge in [-0.15, -0.1) is 0 Å². The summed E-state index contributed by atoms with van der Waals surface area (Å²) in [5, 5.41) is 9.94. The molecule has 1 fully saturated rings. The fourth-order valence-electron chi connectivity index (χ4n) is 3.37. The van der Waals surface area contributed by atoms with Gasteiger partial charge in [-0.3, -0.25) is 4.79 Å². The number of hydrogen-bond donors (Lipinski definition) is 1. The van der Waals surface area contributed by atoms with Gasteiger partial charge in [0.25, 0.3) is 0 Å². The zero-order valence-corrected chi connectivity index (χ0v) is 16.4. The Labute approximate surface area is 162 Å².